The molecule has 2 unspecified atom stereocenters. The quantitative estimate of drug-likeness (QED) is 0.852. The van der Waals surface area contributed by atoms with Gasteiger partial charge in [0.05, 0.1) is 12.6 Å². The normalized spacial score (nSPS) is 23.0. The van der Waals surface area contributed by atoms with Gasteiger partial charge in [-0.25, -0.2) is 0 Å². The van der Waals surface area contributed by atoms with Gasteiger partial charge in [-0.05, 0) is 31.9 Å². The fourth-order valence-electron chi connectivity index (χ4n) is 2.13. The molecule has 98 valence electrons. The highest BCUT2D eigenvalue weighted by atomic mass is 16.5. The fourth-order valence-corrected chi connectivity index (χ4v) is 2.13. The lowest BCUT2D eigenvalue weighted by Crippen LogP contribution is -2.39. The molecule has 1 amide bonds. The second kappa shape index (κ2) is 5.98. The van der Waals surface area contributed by atoms with Crippen molar-refractivity contribution in [3.8, 4) is 0 Å². The highest BCUT2D eigenvalue weighted by Crippen LogP contribution is 2.14. The Morgan fingerprint density at radius 1 is 1.44 bits per heavy atom. The van der Waals surface area contributed by atoms with Gasteiger partial charge in [0.15, 0.2) is 0 Å². The number of anilines is 1. The maximum atomic E-state index is 11.8. The number of amides is 1. The van der Waals surface area contributed by atoms with E-state index in [4.69, 9.17) is 4.74 Å². The van der Waals surface area contributed by atoms with Gasteiger partial charge >= 0.3 is 0 Å². The lowest BCUT2D eigenvalue weighted by molar-refractivity contribution is -0.115. The van der Waals surface area contributed by atoms with Crippen molar-refractivity contribution in [3.05, 3.63) is 29.8 Å². The van der Waals surface area contributed by atoms with Crippen LogP contribution in [0.4, 0.5) is 5.69 Å². The molecule has 1 saturated heterocycles. The van der Waals surface area contributed by atoms with Crippen molar-refractivity contribution < 1.29 is 9.53 Å². The SMILES string of the molecule is Cc1ccccc1NC(=O)CNC1CCOC1C. The van der Waals surface area contributed by atoms with Crippen LogP contribution in [0.15, 0.2) is 24.3 Å². The van der Waals surface area contributed by atoms with Gasteiger partial charge in [0.1, 0.15) is 0 Å². The standard InChI is InChI=1S/C14H20N2O2/c1-10-5-3-4-6-12(10)16-14(17)9-15-13-7-8-18-11(13)2/h3-6,11,13,15H,7-9H2,1-2H3,(H,16,17). The summed E-state index contributed by atoms with van der Waals surface area (Å²) in [4.78, 5) is 11.8. The molecule has 0 radical (unpaired) electrons. The van der Waals surface area contributed by atoms with Crippen LogP contribution in [0, 0.1) is 6.92 Å². The predicted octanol–water partition coefficient (Wildman–Crippen LogP) is 1.70. The number of carbonyl (C=O) groups is 1. The molecule has 2 N–H and O–H groups in total. The summed E-state index contributed by atoms with van der Waals surface area (Å²) < 4.78 is 5.44. The van der Waals surface area contributed by atoms with Crippen molar-refractivity contribution in [1.29, 1.82) is 0 Å². The van der Waals surface area contributed by atoms with Crippen LogP contribution >= 0.6 is 0 Å². The number of ether oxygens (including phenoxy) is 1. The summed E-state index contributed by atoms with van der Waals surface area (Å²) in [6, 6.07) is 8.06. The number of aryl methyl sites for hydroxylation is 1. The smallest absolute Gasteiger partial charge is 0.238 e. The van der Waals surface area contributed by atoms with E-state index in [0.29, 0.717) is 6.54 Å². The first kappa shape index (κ1) is 13.1. The van der Waals surface area contributed by atoms with Crippen LogP contribution in [0.5, 0.6) is 0 Å². The number of nitrogens with one attached hydrogen (secondary N) is 2. The molecular weight excluding hydrogens is 228 g/mol. The fraction of sp³-hybridized carbons (Fsp3) is 0.500. The second-order valence-corrected chi connectivity index (χ2v) is 4.72. The number of hydrogen-bond donors (Lipinski definition) is 2. The third-order valence-corrected chi connectivity index (χ3v) is 3.32. The third kappa shape index (κ3) is 3.31. The largest absolute Gasteiger partial charge is 0.377 e. The highest BCUT2D eigenvalue weighted by molar-refractivity contribution is 5.92. The Balaban J connectivity index is 1.80. The van der Waals surface area contributed by atoms with Crippen molar-refractivity contribution in [1.82, 2.24) is 5.32 Å². The molecule has 1 heterocycles. The third-order valence-electron chi connectivity index (χ3n) is 3.32. The van der Waals surface area contributed by atoms with Crippen molar-refractivity contribution in [2.45, 2.75) is 32.4 Å². The van der Waals surface area contributed by atoms with Gasteiger partial charge in [-0.15, -0.1) is 0 Å². The van der Waals surface area contributed by atoms with Gasteiger partial charge < -0.3 is 15.4 Å². The molecule has 0 spiro atoms. The molecular formula is C14H20N2O2. The molecule has 2 atom stereocenters. The van der Waals surface area contributed by atoms with Crippen LogP contribution in [-0.2, 0) is 9.53 Å². The molecule has 1 fully saturated rings. The molecule has 4 nitrogen and oxygen atoms in total. The van der Waals surface area contributed by atoms with Gasteiger partial charge in [0, 0.05) is 18.3 Å². The predicted molar refractivity (Wildman–Crippen MR) is 71.6 cm³/mol. The van der Waals surface area contributed by atoms with Crippen molar-refractivity contribution >= 4 is 11.6 Å². The highest BCUT2D eigenvalue weighted by Gasteiger charge is 2.23. The summed E-state index contributed by atoms with van der Waals surface area (Å²) in [5.74, 6) is -0.0107. The first-order valence-electron chi connectivity index (χ1n) is 6.37. The molecule has 1 aromatic carbocycles. The molecule has 1 aliphatic heterocycles. The molecule has 1 aliphatic rings. The van der Waals surface area contributed by atoms with E-state index in [9.17, 15) is 4.79 Å². The Kier molecular flexibility index (Phi) is 4.33. The van der Waals surface area contributed by atoms with E-state index in [1.807, 2.05) is 38.1 Å². The van der Waals surface area contributed by atoms with Gasteiger partial charge in [0.25, 0.3) is 0 Å². The topological polar surface area (TPSA) is 50.4 Å². The number of hydrogen-bond acceptors (Lipinski definition) is 3. The van der Waals surface area contributed by atoms with Gasteiger partial charge in [-0.3, -0.25) is 4.79 Å². The van der Waals surface area contributed by atoms with Gasteiger partial charge in [0.2, 0.25) is 5.91 Å². The lowest BCUT2D eigenvalue weighted by atomic mass is 10.1. The maximum Gasteiger partial charge on any atom is 0.238 e. The van der Waals surface area contributed by atoms with Crippen LogP contribution in [0.25, 0.3) is 0 Å². The Bertz CT molecular complexity index is 420. The molecule has 0 saturated carbocycles. The van der Waals surface area contributed by atoms with E-state index in [0.717, 1.165) is 24.3 Å². The molecule has 0 aromatic heterocycles. The van der Waals surface area contributed by atoms with Crippen molar-refractivity contribution in [2.75, 3.05) is 18.5 Å². The van der Waals surface area contributed by atoms with Crippen LogP contribution in [0.1, 0.15) is 18.9 Å². The molecule has 0 aliphatic carbocycles. The zero-order valence-electron chi connectivity index (χ0n) is 10.9. The summed E-state index contributed by atoms with van der Waals surface area (Å²) in [7, 11) is 0. The number of carbonyl (C=O) groups excluding carboxylic acids is 1. The zero-order chi connectivity index (χ0) is 13.0. The number of para-hydroxylation sites is 1. The van der Waals surface area contributed by atoms with E-state index in [2.05, 4.69) is 10.6 Å². The minimum absolute atomic E-state index is 0.0107. The minimum Gasteiger partial charge on any atom is -0.377 e. The van der Waals surface area contributed by atoms with Crippen molar-refractivity contribution in [3.63, 3.8) is 0 Å². The molecule has 4 heteroatoms. The Morgan fingerprint density at radius 2 is 2.22 bits per heavy atom. The van der Waals surface area contributed by atoms with Gasteiger partial charge in [-0.1, -0.05) is 18.2 Å². The molecule has 0 bridgehead atoms. The average molecular weight is 248 g/mol. The van der Waals surface area contributed by atoms with E-state index in [1.54, 1.807) is 0 Å². The number of rotatable bonds is 4. The van der Waals surface area contributed by atoms with E-state index >= 15 is 0 Å². The van der Waals surface area contributed by atoms with E-state index in [-0.39, 0.29) is 18.1 Å². The maximum absolute atomic E-state index is 11.8. The van der Waals surface area contributed by atoms with Crippen LogP contribution < -0.4 is 10.6 Å². The molecule has 1 aromatic rings. The van der Waals surface area contributed by atoms with Crippen LogP contribution in [0.2, 0.25) is 0 Å². The van der Waals surface area contributed by atoms with E-state index < -0.39 is 0 Å². The van der Waals surface area contributed by atoms with Crippen molar-refractivity contribution in [2.24, 2.45) is 0 Å². The lowest BCUT2D eigenvalue weighted by Gasteiger charge is -2.16. The van der Waals surface area contributed by atoms with Crippen LogP contribution in [0.3, 0.4) is 0 Å². The monoisotopic (exact) mass is 248 g/mol. The van der Waals surface area contributed by atoms with Gasteiger partial charge in [-0.2, -0.15) is 0 Å². The van der Waals surface area contributed by atoms with E-state index in [1.165, 1.54) is 0 Å². The summed E-state index contributed by atoms with van der Waals surface area (Å²) in [5.41, 5.74) is 1.95. The summed E-state index contributed by atoms with van der Waals surface area (Å²) >= 11 is 0. The Labute approximate surface area is 108 Å². The Hall–Kier alpha value is -1.39. The zero-order valence-corrected chi connectivity index (χ0v) is 10.9. The second-order valence-electron chi connectivity index (χ2n) is 4.72. The Morgan fingerprint density at radius 3 is 2.89 bits per heavy atom. The van der Waals surface area contributed by atoms with Crippen LogP contribution in [-0.4, -0.2) is 31.2 Å². The first-order valence-corrected chi connectivity index (χ1v) is 6.37. The summed E-state index contributed by atoms with van der Waals surface area (Å²) in [6.07, 6.45) is 1.16. The number of benzene rings is 1. The first-order chi connectivity index (χ1) is 8.66. The molecule has 18 heavy (non-hydrogen) atoms. The summed E-state index contributed by atoms with van der Waals surface area (Å²) in [6.45, 7) is 5.12. The summed E-state index contributed by atoms with van der Waals surface area (Å²) in [5, 5.41) is 6.14. The average Bonchev–Trinajstić information content (AvgIpc) is 2.75. The molecule has 2 rings (SSSR count). The minimum atomic E-state index is -0.0107.